The Labute approximate surface area is 542 Å². The SMILES string of the molecule is COc1ccc2c(c1)C(=O)N1C=C(OS(=O)(=O)C(F)(F)F)C(OCCCCCOC3C(OS(=O)(=O)C(F)(F)F)=CN4C(=O)c5cc(OC)ccc5N(C(=O)OCC(Cl)(Cl)Cl)[C@@H](O[Si](C)(C)C(C)(C)C)[C@H]34)[C@H]1[C@H](O[Si](C)(C)C(C)(C)C)N2C(=O)OCC(Cl)(Cl)Cl. The summed E-state index contributed by atoms with van der Waals surface area (Å²) >= 11 is 35.9. The van der Waals surface area contributed by atoms with E-state index < -0.39 is 164 Å². The van der Waals surface area contributed by atoms with E-state index in [4.69, 9.17) is 115 Å². The number of alkyl halides is 12. The summed E-state index contributed by atoms with van der Waals surface area (Å²) in [4.78, 5) is 62.0. The number of carbonyl (C=O) groups excluding carboxylic acids is 4. The number of carbonyl (C=O) groups is 4. The summed E-state index contributed by atoms with van der Waals surface area (Å²) in [5.74, 6) is -4.19. The molecule has 4 aliphatic heterocycles. The van der Waals surface area contributed by atoms with Crippen LogP contribution in [0.4, 0.5) is 47.3 Å². The lowest BCUT2D eigenvalue weighted by Crippen LogP contribution is -2.61. The summed E-state index contributed by atoms with van der Waals surface area (Å²) in [6.45, 7) is 14.8. The Morgan fingerprint density at radius 2 is 0.876 bits per heavy atom. The topological polar surface area (TPSA) is 242 Å². The van der Waals surface area contributed by atoms with Gasteiger partial charge in [0.1, 0.15) is 49.0 Å². The van der Waals surface area contributed by atoms with E-state index in [0.717, 1.165) is 19.6 Å². The maximum atomic E-state index is 14.9. The van der Waals surface area contributed by atoms with Crippen LogP contribution in [0, 0.1) is 0 Å². The number of rotatable bonds is 20. The van der Waals surface area contributed by atoms with Crippen molar-refractivity contribution in [2.24, 2.45) is 0 Å². The summed E-state index contributed by atoms with van der Waals surface area (Å²) in [5.41, 5.74) is -13.2. The highest BCUT2D eigenvalue weighted by Gasteiger charge is 2.60. The van der Waals surface area contributed by atoms with Crippen molar-refractivity contribution in [3.8, 4) is 11.5 Å². The number of anilines is 2. The zero-order valence-corrected chi connectivity index (χ0v) is 57.7. The predicted octanol–water partition coefficient (Wildman–Crippen LogP) is 12.8. The molecule has 0 aliphatic carbocycles. The minimum Gasteiger partial charge on any atom is -0.497 e. The van der Waals surface area contributed by atoms with Crippen LogP contribution in [-0.2, 0) is 56.4 Å². The average molecular weight is 1470 g/mol. The Kier molecular flexibility index (Phi) is 22.4. The molecule has 6 rings (SSSR count). The molecule has 4 aliphatic rings. The predicted molar refractivity (Wildman–Crippen MR) is 320 cm³/mol. The van der Waals surface area contributed by atoms with Crippen LogP contribution in [0.25, 0.3) is 0 Å². The molecular formula is C51H64Cl6F6N4O18S2Si2. The van der Waals surface area contributed by atoms with Crippen molar-refractivity contribution in [3.63, 3.8) is 0 Å². The Hall–Kier alpha value is -3.91. The van der Waals surface area contributed by atoms with Gasteiger partial charge in [-0.05, 0) is 91.9 Å². The molecule has 0 bridgehead atoms. The average Bonchev–Trinajstić information content (AvgIpc) is 1.61. The minimum atomic E-state index is -6.53. The van der Waals surface area contributed by atoms with Crippen LogP contribution in [0.5, 0.6) is 11.5 Å². The third-order valence-electron chi connectivity index (χ3n) is 15.2. The third-order valence-corrected chi connectivity index (χ3v) is 26.7. The highest BCUT2D eigenvalue weighted by molar-refractivity contribution is 7.88. The molecule has 38 heteroatoms. The van der Waals surface area contributed by atoms with Crippen LogP contribution in [0.2, 0.25) is 36.3 Å². The second-order valence-electron chi connectivity index (χ2n) is 23.5. The second kappa shape index (κ2) is 26.8. The van der Waals surface area contributed by atoms with Crippen LogP contribution in [0.1, 0.15) is 81.5 Å². The molecule has 2 aromatic carbocycles. The first kappa shape index (κ1) is 74.1. The van der Waals surface area contributed by atoms with Crippen molar-refractivity contribution >= 4 is 142 Å². The molecule has 2 aromatic rings. The first-order valence-corrected chi connectivity index (χ1v) is 37.5. The smallest absolute Gasteiger partial charge is 0.497 e. The van der Waals surface area contributed by atoms with Gasteiger partial charge < -0.3 is 55.4 Å². The van der Waals surface area contributed by atoms with Crippen LogP contribution in [0.15, 0.2) is 60.3 Å². The Bertz CT molecular complexity index is 3100. The molecule has 0 saturated heterocycles. The molecule has 22 nitrogen and oxygen atoms in total. The molecule has 0 spiro atoms. The fourth-order valence-electron chi connectivity index (χ4n) is 8.77. The number of ether oxygens (including phenoxy) is 6. The van der Waals surface area contributed by atoms with E-state index in [0.29, 0.717) is 12.4 Å². The van der Waals surface area contributed by atoms with Gasteiger partial charge in [-0.2, -0.15) is 43.2 Å². The fourth-order valence-corrected chi connectivity index (χ4v) is 12.5. The van der Waals surface area contributed by atoms with E-state index in [-0.39, 0.29) is 53.3 Å². The van der Waals surface area contributed by atoms with Crippen LogP contribution < -0.4 is 19.3 Å². The van der Waals surface area contributed by atoms with Gasteiger partial charge in [0.25, 0.3) is 11.8 Å². The highest BCUT2D eigenvalue weighted by atomic mass is 35.6. The fraction of sp³-hybridized carbons (Fsp3) is 0.608. The van der Waals surface area contributed by atoms with Crippen molar-refractivity contribution in [3.05, 3.63) is 71.4 Å². The van der Waals surface area contributed by atoms with E-state index in [9.17, 15) is 62.4 Å². The molecule has 0 radical (unpaired) electrons. The van der Waals surface area contributed by atoms with E-state index in [1.54, 1.807) is 67.7 Å². The highest BCUT2D eigenvalue weighted by Crippen LogP contribution is 2.49. The lowest BCUT2D eigenvalue weighted by atomic mass is 10.1. The van der Waals surface area contributed by atoms with Crippen LogP contribution in [0.3, 0.4) is 0 Å². The number of halogens is 12. The molecule has 0 N–H and O–H groups in total. The minimum absolute atomic E-state index is 0.0448. The van der Waals surface area contributed by atoms with Gasteiger partial charge in [-0.25, -0.2) is 19.4 Å². The number of hydrogen-bond donors (Lipinski definition) is 0. The number of amides is 4. The van der Waals surface area contributed by atoms with Crippen molar-refractivity contribution < 1.29 is 108 Å². The van der Waals surface area contributed by atoms with Gasteiger partial charge in [-0.15, -0.1) is 0 Å². The number of nitrogens with zero attached hydrogens (tertiary/aromatic N) is 4. The lowest BCUT2D eigenvalue weighted by Gasteiger charge is -2.45. The molecular weight excluding hydrogens is 1400 g/mol. The van der Waals surface area contributed by atoms with Gasteiger partial charge in [0.15, 0.2) is 40.6 Å². The summed E-state index contributed by atoms with van der Waals surface area (Å²) in [7, 11) is -17.1. The van der Waals surface area contributed by atoms with Crippen molar-refractivity contribution in [2.75, 3.05) is 50.4 Å². The van der Waals surface area contributed by atoms with E-state index >= 15 is 0 Å². The quantitative estimate of drug-likeness (QED) is 0.0299. The largest absolute Gasteiger partial charge is 0.534 e. The van der Waals surface area contributed by atoms with Crippen molar-refractivity contribution in [2.45, 2.75) is 152 Å². The molecule has 2 unspecified atom stereocenters. The van der Waals surface area contributed by atoms with E-state index in [1.807, 2.05) is 0 Å². The molecule has 0 aromatic heterocycles. The van der Waals surface area contributed by atoms with Crippen LogP contribution >= 0.6 is 69.6 Å². The lowest BCUT2D eigenvalue weighted by molar-refractivity contribution is -0.0561. The maximum Gasteiger partial charge on any atom is 0.534 e. The van der Waals surface area contributed by atoms with Crippen molar-refractivity contribution in [1.82, 2.24) is 9.80 Å². The van der Waals surface area contributed by atoms with E-state index in [2.05, 4.69) is 0 Å². The zero-order valence-electron chi connectivity index (χ0n) is 49.5. The Morgan fingerprint density at radius 1 is 0.551 bits per heavy atom. The molecule has 6 atom stereocenters. The third kappa shape index (κ3) is 16.7. The maximum absolute atomic E-state index is 14.9. The summed E-state index contributed by atoms with van der Waals surface area (Å²) in [6, 6.07) is 4.05. The van der Waals surface area contributed by atoms with Gasteiger partial charge >= 0.3 is 43.4 Å². The number of fused-ring (bicyclic) bond motifs is 4. The number of hydrogen-bond acceptors (Lipinski definition) is 18. The number of methoxy groups -OCH3 is 2. The normalized spacial score (nSPS) is 21.4. The molecule has 500 valence electrons. The monoisotopic (exact) mass is 1460 g/mol. The summed E-state index contributed by atoms with van der Waals surface area (Å²) in [6.07, 6.45) is -9.38. The van der Waals surface area contributed by atoms with Crippen molar-refractivity contribution in [1.29, 1.82) is 0 Å². The van der Waals surface area contributed by atoms with Gasteiger partial charge in [0, 0.05) is 13.2 Å². The zero-order chi connectivity index (χ0) is 67.4. The molecule has 0 saturated carbocycles. The van der Waals surface area contributed by atoms with Gasteiger partial charge in [-0.1, -0.05) is 111 Å². The number of benzene rings is 2. The second-order valence-corrected chi connectivity index (χ2v) is 41.1. The molecule has 89 heavy (non-hydrogen) atoms. The number of unbranched alkanes of at least 4 members (excludes halogenated alkanes) is 2. The summed E-state index contributed by atoms with van der Waals surface area (Å²) in [5, 5.41) is -1.44. The van der Waals surface area contributed by atoms with E-state index in [1.165, 1.54) is 50.6 Å². The van der Waals surface area contributed by atoms with Gasteiger partial charge in [-0.3, -0.25) is 9.59 Å². The van der Waals surface area contributed by atoms with Gasteiger partial charge in [0.05, 0.1) is 49.1 Å². The standard InChI is InChI=1S/C51H64Cl6F6N4O18S2Si2/c1-46(2,3)88(9,10)84-42-36-38(34(82-86(72,73)50(58,59)60)24-64(36)40(68)30-22-28(76-7)16-18-32(30)66(42)44(70)80-26-48(52,53)54)78-20-14-13-15-21-79-39-35(83-87(74,75)51(61,62)63)25-65-37(39)43(85-89(11,12)47(4,5)6)67(45(71)81-27-49(55,56)57)33-19-17-29(77-8)23-31(33)41(65)69/h16-19,22-25,36-39,42-43H,13-15,20-21,26-27H2,1-12H3/t36-,37-,38?,39?,42-,43-/m0/s1. The van der Waals surface area contributed by atoms with Crippen LogP contribution in [-0.4, -0.2) is 163 Å². The molecule has 4 heterocycles. The first-order valence-electron chi connectivity index (χ1n) is 26.6. The Morgan fingerprint density at radius 3 is 1.16 bits per heavy atom. The summed E-state index contributed by atoms with van der Waals surface area (Å²) < 4.78 is 189. The molecule has 4 amide bonds. The Balaban J connectivity index is 1.39. The first-order chi connectivity index (χ1) is 40.5. The molecule has 0 fully saturated rings. The van der Waals surface area contributed by atoms with Gasteiger partial charge in [0.2, 0.25) is 7.59 Å².